The van der Waals surface area contributed by atoms with E-state index in [0.717, 1.165) is 5.56 Å². The zero-order valence-corrected chi connectivity index (χ0v) is 8.34. The Morgan fingerprint density at radius 2 is 2.07 bits per heavy atom. The molecule has 3 nitrogen and oxygen atoms in total. The smallest absolute Gasteiger partial charge is 0.311 e. The molecule has 0 spiro atoms. The Bertz CT molecular complexity index is 385. The van der Waals surface area contributed by atoms with Crippen molar-refractivity contribution in [3.8, 4) is 0 Å². The van der Waals surface area contributed by atoms with Crippen molar-refractivity contribution in [3.05, 3.63) is 34.3 Å². The number of carbonyl (C=O) groups excluding carboxylic acids is 1. The number of carboxylic acid groups (broad SMARTS) is 1. The van der Waals surface area contributed by atoms with Gasteiger partial charge in [0.15, 0.2) is 5.78 Å². The number of ketones is 1. The van der Waals surface area contributed by atoms with E-state index in [1.165, 1.54) is 6.07 Å². The normalized spacial score (nSPS) is 9.86. The number of aryl methyl sites for hydroxylation is 1. The molecule has 0 aliphatic rings. The van der Waals surface area contributed by atoms with Crippen LogP contribution in [0.5, 0.6) is 0 Å². The lowest BCUT2D eigenvalue weighted by Crippen LogP contribution is -2.08. The minimum Gasteiger partial charge on any atom is -0.481 e. The average Bonchev–Trinajstić information content (AvgIpc) is 2.08. The van der Waals surface area contributed by atoms with Crippen LogP contribution in [0.3, 0.4) is 0 Å². The van der Waals surface area contributed by atoms with E-state index in [1.807, 2.05) is 0 Å². The lowest BCUT2D eigenvalue weighted by molar-refractivity contribution is -0.135. The average molecular weight is 213 g/mol. The van der Waals surface area contributed by atoms with Gasteiger partial charge in [-0.2, -0.15) is 0 Å². The molecule has 1 aromatic carbocycles. The Kier molecular flexibility index (Phi) is 3.25. The van der Waals surface area contributed by atoms with Crippen LogP contribution in [0.2, 0.25) is 5.02 Å². The van der Waals surface area contributed by atoms with Gasteiger partial charge in [-0.25, -0.2) is 0 Å². The maximum absolute atomic E-state index is 11.4. The Morgan fingerprint density at radius 1 is 1.43 bits per heavy atom. The van der Waals surface area contributed by atoms with Gasteiger partial charge in [0.05, 0.1) is 0 Å². The number of carboxylic acids is 1. The molecule has 1 N–H and O–H groups in total. The topological polar surface area (TPSA) is 54.4 Å². The van der Waals surface area contributed by atoms with Crippen LogP contribution in [0.25, 0.3) is 0 Å². The maximum atomic E-state index is 11.4. The lowest BCUT2D eigenvalue weighted by Gasteiger charge is -2.03. The summed E-state index contributed by atoms with van der Waals surface area (Å²) in [6.07, 6.45) is -0.499. The first kappa shape index (κ1) is 10.7. The fourth-order valence-corrected chi connectivity index (χ4v) is 1.30. The van der Waals surface area contributed by atoms with Crippen molar-refractivity contribution >= 4 is 23.4 Å². The van der Waals surface area contributed by atoms with Gasteiger partial charge in [-0.15, -0.1) is 0 Å². The second-order valence-corrected chi connectivity index (χ2v) is 3.39. The van der Waals surface area contributed by atoms with Crippen LogP contribution in [0, 0.1) is 6.92 Å². The van der Waals surface area contributed by atoms with Crippen molar-refractivity contribution in [3.63, 3.8) is 0 Å². The molecule has 0 aliphatic carbocycles. The highest BCUT2D eigenvalue weighted by Gasteiger charge is 2.12. The van der Waals surface area contributed by atoms with E-state index in [-0.39, 0.29) is 0 Å². The predicted molar refractivity (Wildman–Crippen MR) is 52.8 cm³/mol. The van der Waals surface area contributed by atoms with Gasteiger partial charge in [-0.05, 0) is 24.6 Å². The fraction of sp³-hybridized carbons (Fsp3) is 0.200. The molecule has 74 valence electrons. The van der Waals surface area contributed by atoms with Gasteiger partial charge in [-0.1, -0.05) is 17.7 Å². The first-order valence-electron chi connectivity index (χ1n) is 4.02. The summed E-state index contributed by atoms with van der Waals surface area (Å²) in [5, 5.41) is 8.89. The molecular formula is C10H9ClO3. The van der Waals surface area contributed by atoms with Crippen LogP contribution in [-0.2, 0) is 4.79 Å². The fourth-order valence-electron chi connectivity index (χ4n) is 1.13. The molecule has 0 saturated heterocycles. The molecule has 0 heterocycles. The maximum Gasteiger partial charge on any atom is 0.311 e. The van der Waals surface area contributed by atoms with Crippen molar-refractivity contribution in [1.82, 2.24) is 0 Å². The molecule has 0 fully saturated rings. The second kappa shape index (κ2) is 4.24. The zero-order chi connectivity index (χ0) is 10.7. The van der Waals surface area contributed by atoms with Crippen LogP contribution >= 0.6 is 11.6 Å². The summed E-state index contributed by atoms with van der Waals surface area (Å²) in [7, 11) is 0. The number of halogens is 1. The molecule has 14 heavy (non-hydrogen) atoms. The highest BCUT2D eigenvalue weighted by atomic mass is 35.5. The van der Waals surface area contributed by atoms with E-state index in [9.17, 15) is 9.59 Å². The van der Waals surface area contributed by atoms with Crippen molar-refractivity contribution in [2.75, 3.05) is 0 Å². The van der Waals surface area contributed by atoms with E-state index >= 15 is 0 Å². The third kappa shape index (κ3) is 2.57. The molecule has 0 atom stereocenters. The van der Waals surface area contributed by atoms with E-state index in [2.05, 4.69) is 0 Å². The molecule has 1 aromatic rings. The predicted octanol–water partition coefficient (Wildman–Crippen LogP) is 2.31. The van der Waals surface area contributed by atoms with Crippen LogP contribution in [0.15, 0.2) is 18.2 Å². The highest BCUT2D eigenvalue weighted by molar-refractivity contribution is 6.31. The third-order valence-electron chi connectivity index (χ3n) is 1.81. The van der Waals surface area contributed by atoms with Crippen molar-refractivity contribution < 1.29 is 14.7 Å². The van der Waals surface area contributed by atoms with E-state index in [4.69, 9.17) is 16.7 Å². The number of hydrogen-bond acceptors (Lipinski definition) is 2. The number of rotatable bonds is 3. The summed E-state index contributed by atoms with van der Waals surface area (Å²) in [5.41, 5.74) is 1.11. The summed E-state index contributed by atoms with van der Waals surface area (Å²) >= 11 is 5.70. The first-order valence-corrected chi connectivity index (χ1v) is 4.39. The Morgan fingerprint density at radius 3 is 2.64 bits per heavy atom. The number of hydrogen-bond donors (Lipinski definition) is 1. The lowest BCUT2D eigenvalue weighted by atomic mass is 10.0. The molecule has 0 aliphatic heterocycles. The number of benzene rings is 1. The summed E-state index contributed by atoms with van der Waals surface area (Å²) in [6, 6.07) is 4.84. The van der Waals surface area contributed by atoms with Gasteiger partial charge in [0.1, 0.15) is 6.42 Å². The molecule has 0 radical (unpaired) electrons. The van der Waals surface area contributed by atoms with Gasteiger partial charge >= 0.3 is 5.97 Å². The molecule has 0 aromatic heterocycles. The summed E-state index contributed by atoms with van der Waals surface area (Å²) in [6.45, 7) is 1.74. The van der Waals surface area contributed by atoms with Crippen LogP contribution < -0.4 is 0 Å². The van der Waals surface area contributed by atoms with Crippen molar-refractivity contribution in [2.45, 2.75) is 13.3 Å². The molecule has 0 unspecified atom stereocenters. The van der Waals surface area contributed by atoms with Gasteiger partial charge in [0.25, 0.3) is 0 Å². The molecule has 1 rings (SSSR count). The molecule has 0 bridgehead atoms. The van der Waals surface area contributed by atoms with E-state index in [0.29, 0.717) is 10.6 Å². The third-order valence-corrected chi connectivity index (χ3v) is 2.05. The molecule has 4 heteroatoms. The monoisotopic (exact) mass is 212 g/mol. The van der Waals surface area contributed by atoms with Gasteiger partial charge in [-0.3, -0.25) is 9.59 Å². The minimum absolute atomic E-state index is 0.375. The van der Waals surface area contributed by atoms with Crippen LogP contribution in [0.1, 0.15) is 22.3 Å². The highest BCUT2D eigenvalue weighted by Crippen LogP contribution is 2.16. The van der Waals surface area contributed by atoms with Crippen LogP contribution in [0.4, 0.5) is 0 Å². The first-order chi connectivity index (χ1) is 6.50. The van der Waals surface area contributed by atoms with Crippen molar-refractivity contribution in [1.29, 1.82) is 0 Å². The Labute approximate surface area is 86.3 Å². The summed E-state index contributed by atoms with van der Waals surface area (Å²) in [4.78, 5) is 21.7. The summed E-state index contributed by atoms with van der Waals surface area (Å²) in [5.74, 6) is -1.55. The summed E-state index contributed by atoms with van der Waals surface area (Å²) < 4.78 is 0. The molecule has 0 amide bonds. The Hall–Kier alpha value is -1.35. The zero-order valence-electron chi connectivity index (χ0n) is 7.58. The standard InChI is InChI=1S/C10H9ClO3/c1-6-2-3-7(11)4-8(6)9(12)5-10(13)14/h2-4H,5H2,1H3,(H,13,14). The van der Waals surface area contributed by atoms with Crippen molar-refractivity contribution in [2.24, 2.45) is 0 Å². The van der Waals surface area contributed by atoms with E-state index < -0.39 is 18.2 Å². The Balaban J connectivity index is 3.00. The van der Waals surface area contributed by atoms with Gasteiger partial charge in [0, 0.05) is 10.6 Å². The SMILES string of the molecule is Cc1ccc(Cl)cc1C(=O)CC(=O)O. The van der Waals surface area contributed by atoms with Gasteiger partial charge in [0.2, 0.25) is 0 Å². The van der Waals surface area contributed by atoms with Gasteiger partial charge < -0.3 is 5.11 Å². The van der Waals surface area contributed by atoms with Crippen LogP contribution in [-0.4, -0.2) is 16.9 Å². The molecule has 0 saturated carbocycles. The second-order valence-electron chi connectivity index (χ2n) is 2.95. The number of aliphatic carboxylic acids is 1. The number of carbonyl (C=O) groups is 2. The quantitative estimate of drug-likeness (QED) is 0.618. The molecular weight excluding hydrogens is 204 g/mol. The number of Topliss-reactive ketones (excluding diaryl/α,β-unsaturated/α-hetero) is 1. The largest absolute Gasteiger partial charge is 0.481 e. The van der Waals surface area contributed by atoms with E-state index in [1.54, 1.807) is 19.1 Å². The minimum atomic E-state index is -1.13.